The van der Waals surface area contributed by atoms with Gasteiger partial charge in [0.15, 0.2) is 5.82 Å². The molecule has 25 heavy (non-hydrogen) atoms. The minimum absolute atomic E-state index is 0.212. The van der Waals surface area contributed by atoms with Crippen LogP contribution in [0.25, 0.3) is 22.0 Å². The lowest BCUT2D eigenvalue weighted by molar-refractivity contribution is 0.585. The topological polar surface area (TPSA) is 25.8 Å². The first-order chi connectivity index (χ1) is 12.2. The van der Waals surface area contributed by atoms with E-state index in [9.17, 15) is 8.78 Å². The smallest absolute Gasteiger partial charge is 0.162 e. The standard InChI is InChI=1S/C20H20F2N2S/c1-2-3-4-5-6-14-10-12-25-19(14)18-9-11-23-20(24-18)16-8-7-15(21)13-17(16)22/h7-13H,2-6H2,1H3. The first kappa shape index (κ1) is 17.7. The quantitative estimate of drug-likeness (QED) is 0.465. The van der Waals surface area contributed by atoms with Gasteiger partial charge in [-0.1, -0.05) is 26.2 Å². The average molecular weight is 358 g/mol. The van der Waals surface area contributed by atoms with E-state index < -0.39 is 11.6 Å². The molecule has 0 spiro atoms. The number of halogens is 2. The van der Waals surface area contributed by atoms with Crippen LogP contribution in [0.15, 0.2) is 41.9 Å². The highest BCUT2D eigenvalue weighted by Gasteiger charge is 2.13. The molecule has 0 fully saturated rings. The third-order valence-corrected chi connectivity index (χ3v) is 5.09. The van der Waals surface area contributed by atoms with Crippen LogP contribution in [0.3, 0.4) is 0 Å². The van der Waals surface area contributed by atoms with Gasteiger partial charge in [-0.2, -0.15) is 0 Å². The van der Waals surface area contributed by atoms with E-state index in [4.69, 9.17) is 0 Å². The molecule has 3 rings (SSSR count). The van der Waals surface area contributed by atoms with E-state index in [1.54, 1.807) is 17.5 Å². The molecule has 2 heterocycles. The molecule has 5 heteroatoms. The minimum Gasteiger partial charge on any atom is -0.236 e. The maximum Gasteiger partial charge on any atom is 0.162 e. The largest absolute Gasteiger partial charge is 0.236 e. The Morgan fingerprint density at radius 1 is 1.04 bits per heavy atom. The van der Waals surface area contributed by atoms with Crippen molar-refractivity contribution < 1.29 is 8.78 Å². The third-order valence-electron chi connectivity index (χ3n) is 4.11. The molecule has 0 unspecified atom stereocenters. The Kier molecular flexibility index (Phi) is 5.87. The van der Waals surface area contributed by atoms with Crippen LogP contribution < -0.4 is 0 Å². The second kappa shape index (κ2) is 8.30. The Hall–Kier alpha value is -2.14. The van der Waals surface area contributed by atoms with Crippen molar-refractivity contribution in [3.8, 4) is 22.0 Å². The fourth-order valence-corrected chi connectivity index (χ4v) is 3.71. The van der Waals surface area contributed by atoms with Gasteiger partial charge in [0.2, 0.25) is 0 Å². The summed E-state index contributed by atoms with van der Waals surface area (Å²) in [4.78, 5) is 9.77. The first-order valence-electron chi connectivity index (χ1n) is 8.54. The van der Waals surface area contributed by atoms with Crippen LogP contribution in [0.5, 0.6) is 0 Å². The summed E-state index contributed by atoms with van der Waals surface area (Å²) in [5.41, 5.74) is 2.27. The fourth-order valence-electron chi connectivity index (χ4n) is 2.79. The summed E-state index contributed by atoms with van der Waals surface area (Å²) in [6.07, 6.45) is 7.49. The molecular formula is C20H20F2N2S. The van der Waals surface area contributed by atoms with Crippen molar-refractivity contribution in [1.29, 1.82) is 0 Å². The predicted molar refractivity (Wildman–Crippen MR) is 98.5 cm³/mol. The van der Waals surface area contributed by atoms with Crippen LogP contribution in [0, 0.1) is 11.6 Å². The number of nitrogens with zero attached hydrogens (tertiary/aromatic N) is 2. The third kappa shape index (κ3) is 4.28. The van der Waals surface area contributed by atoms with Gasteiger partial charge in [-0.15, -0.1) is 11.3 Å². The summed E-state index contributed by atoms with van der Waals surface area (Å²) in [5.74, 6) is -0.978. The summed E-state index contributed by atoms with van der Waals surface area (Å²) in [7, 11) is 0. The number of unbranched alkanes of at least 4 members (excludes halogenated alkanes) is 3. The molecule has 0 N–H and O–H groups in total. The van der Waals surface area contributed by atoms with Gasteiger partial charge in [0, 0.05) is 12.3 Å². The van der Waals surface area contributed by atoms with Gasteiger partial charge in [-0.05, 0) is 48.1 Å². The Balaban J connectivity index is 1.86. The molecule has 1 aromatic carbocycles. The Morgan fingerprint density at radius 2 is 1.92 bits per heavy atom. The lowest BCUT2D eigenvalue weighted by atomic mass is 10.1. The molecule has 0 aliphatic heterocycles. The summed E-state index contributed by atoms with van der Waals surface area (Å²) >= 11 is 1.63. The van der Waals surface area contributed by atoms with E-state index in [0.717, 1.165) is 29.5 Å². The molecular weight excluding hydrogens is 338 g/mol. The zero-order valence-electron chi connectivity index (χ0n) is 14.1. The second-order valence-electron chi connectivity index (χ2n) is 5.98. The van der Waals surface area contributed by atoms with Crippen molar-refractivity contribution in [1.82, 2.24) is 9.97 Å². The Morgan fingerprint density at radius 3 is 2.72 bits per heavy atom. The van der Waals surface area contributed by atoms with Gasteiger partial charge in [0.25, 0.3) is 0 Å². The monoisotopic (exact) mass is 358 g/mol. The van der Waals surface area contributed by atoms with Crippen LogP contribution in [0.2, 0.25) is 0 Å². The second-order valence-corrected chi connectivity index (χ2v) is 6.89. The molecule has 2 aromatic heterocycles. The lowest BCUT2D eigenvalue weighted by Crippen LogP contribution is -1.95. The van der Waals surface area contributed by atoms with Gasteiger partial charge >= 0.3 is 0 Å². The van der Waals surface area contributed by atoms with Crippen LogP contribution in [-0.2, 0) is 6.42 Å². The zero-order chi connectivity index (χ0) is 17.6. The molecule has 3 aromatic rings. The number of hydrogen-bond acceptors (Lipinski definition) is 3. The SMILES string of the molecule is CCCCCCc1ccsc1-c1ccnc(-c2ccc(F)cc2F)n1. The number of aryl methyl sites for hydroxylation is 1. The number of aromatic nitrogens is 2. The molecule has 0 aliphatic rings. The van der Waals surface area contributed by atoms with E-state index >= 15 is 0 Å². The van der Waals surface area contributed by atoms with Crippen molar-refractivity contribution in [3.63, 3.8) is 0 Å². The van der Waals surface area contributed by atoms with E-state index in [1.807, 2.05) is 6.07 Å². The molecule has 2 nitrogen and oxygen atoms in total. The van der Waals surface area contributed by atoms with Crippen molar-refractivity contribution in [2.24, 2.45) is 0 Å². The fraction of sp³-hybridized carbons (Fsp3) is 0.300. The predicted octanol–water partition coefficient (Wildman–Crippen LogP) is 6.27. The van der Waals surface area contributed by atoms with E-state index in [2.05, 4.69) is 28.3 Å². The highest BCUT2D eigenvalue weighted by Crippen LogP contribution is 2.31. The van der Waals surface area contributed by atoms with Gasteiger partial charge < -0.3 is 0 Å². The van der Waals surface area contributed by atoms with Crippen molar-refractivity contribution in [2.45, 2.75) is 39.0 Å². The van der Waals surface area contributed by atoms with Gasteiger partial charge in [-0.3, -0.25) is 0 Å². The molecule has 0 saturated carbocycles. The van der Waals surface area contributed by atoms with Crippen molar-refractivity contribution in [3.05, 3.63) is 59.1 Å². The van der Waals surface area contributed by atoms with E-state index in [1.165, 1.54) is 37.0 Å². The molecule has 0 amide bonds. The Bertz CT molecular complexity index is 845. The minimum atomic E-state index is -0.650. The molecule has 0 atom stereocenters. The van der Waals surface area contributed by atoms with E-state index in [-0.39, 0.29) is 11.4 Å². The van der Waals surface area contributed by atoms with E-state index in [0.29, 0.717) is 0 Å². The molecule has 130 valence electrons. The average Bonchev–Trinajstić information content (AvgIpc) is 3.07. The summed E-state index contributed by atoms with van der Waals surface area (Å²) < 4.78 is 27.1. The number of hydrogen-bond donors (Lipinski definition) is 0. The van der Waals surface area contributed by atoms with Gasteiger partial charge in [-0.25, -0.2) is 18.7 Å². The molecule has 0 bridgehead atoms. The molecule has 0 radical (unpaired) electrons. The van der Waals surface area contributed by atoms with Crippen LogP contribution in [0.1, 0.15) is 38.2 Å². The van der Waals surface area contributed by atoms with Gasteiger partial charge in [0.1, 0.15) is 11.6 Å². The maximum atomic E-state index is 14.0. The summed E-state index contributed by atoms with van der Waals surface area (Å²) in [6.45, 7) is 2.20. The highest BCUT2D eigenvalue weighted by atomic mass is 32.1. The number of thiophene rings is 1. The number of rotatable bonds is 7. The van der Waals surface area contributed by atoms with Crippen LogP contribution >= 0.6 is 11.3 Å². The maximum absolute atomic E-state index is 14.0. The lowest BCUT2D eigenvalue weighted by Gasteiger charge is -2.06. The van der Waals surface area contributed by atoms with Crippen LogP contribution in [0.4, 0.5) is 8.78 Å². The van der Waals surface area contributed by atoms with Crippen molar-refractivity contribution >= 4 is 11.3 Å². The Labute approximate surface area is 150 Å². The van der Waals surface area contributed by atoms with Crippen molar-refractivity contribution in [2.75, 3.05) is 0 Å². The number of benzene rings is 1. The van der Waals surface area contributed by atoms with Gasteiger partial charge in [0.05, 0.1) is 16.1 Å². The summed E-state index contributed by atoms with van der Waals surface area (Å²) in [5, 5.41) is 2.06. The highest BCUT2D eigenvalue weighted by molar-refractivity contribution is 7.13. The first-order valence-corrected chi connectivity index (χ1v) is 9.42. The molecule has 0 saturated heterocycles. The normalized spacial score (nSPS) is 11.0. The summed E-state index contributed by atoms with van der Waals surface area (Å²) in [6, 6.07) is 7.43. The van der Waals surface area contributed by atoms with Crippen LogP contribution in [-0.4, -0.2) is 9.97 Å². The zero-order valence-corrected chi connectivity index (χ0v) is 15.0. The molecule has 0 aliphatic carbocycles.